The van der Waals surface area contributed by atoms with Gasteiger partial charge in [-0.2, -0.15) is 5.26 Å². The summed E-state index contributed by atoms with van der Waals surface area (Å²) >= 11 is 0. The van der Waals surface area contributed by atoms with E-state index in [1.54, 1.807) is 60.8 Å². The molecule has 172 valence electrons. The van der Waals surface area contributed by atoms with E-state index in [9.17, 15) is 4.79 Å². The lowest BCUT2D eigenvalue weighted by Crippen LogP contribution is -2.86. The topological polar surface area (TPSA) is 103 Å². The highest BCUT2D eigenvalue weighted by molar-refractivity contribution is 6.61. The Hall–Kier alpha value is -3.44. The molecule has 3 aromatic rings. The molecule has 0 bridgehead atoms. The van der Waals surface area contributed by atoms with Crippen LogP contribution in [-0.4, -0.2) is 107 Å². The summed E-state index contributed by atoms with van der Waals surface area (Å²) in [6.07, 6.45) is 1.58. The average molecular weight is 493 g/mol. The maximum atomic E-state index is 12.0. The molecule has 0 atom stereocenters. The Bertz CT molecular complexity index is 1390. The number of nitrogens with zero attached hydrogens (tertiary/aromatic N) is 4. The van der Waals surface area contributed by atoms with Crippen molar-refractivity contribution in [2.75, 3.05) is 16.8 Å². The van der Waals surface area contributed by atoms with Gasteiger partial charge in [-0.1, -0.05) is 12.1 Å². The molecule has 2 aromatic carbocycles. The number of ether oxygens (including phenoxy) is 1. The molecular weight excluding hydrogens is 479 g/mol. The number of hydrogen-bond acceptors (Lipinski definition) is 7. The summed E-state index contributed by atoms with van der Waals surface area (Å²) in [5.74, 6) is -0.0451. The van der Waals surface area contributed by atoms with Crippen molar-refractivity contribution in [3.05, 3.63) is 66.4 Å². The van der Waals surface area contributed by atoms with Gasteiger partial charge >= 0.3 is 0 Å². The second-order valence-corrected chi connectivity index (χ2v) is 9.03. The number of amides is 1. The highest BCUT2D eigenvalue weighted by Gasteiger charge is 2.56. The Balaban J connectivity index is 1.54. The van der Waals surface area contributed by atoms with Crippen molar-refractivity contribution in [3.63, 3.8) is 0 Å². The van der Waals surface area contributed by atoms with E-state index < -0.39 is 21.5 Å². The van der Waals surface area contributed by atoms with E-state index in [-0.39, 0.29) is 12.5 Å². The summed E-state index contributed by atoms with van der Waals surface area (Å²) < 4.78 is 5.24. The maximum absolute atomic E-state index is 12.0. The molecule has 0 aliphatic carbocycles. The van der Waals surface area contributed by atoms with E-state index in [2.05, 4.69) is 20.6 Å². The van der Waals surface area contributed by atoms with Crippen LogP contribution >= 0.6 is 0 Å². The first-order chi connectivity index (χ1) is 18.2. The zero-order valence-electron chi connectivity index (χ0n) is 20.7. The minimum Gasteiger partial charge on any atom is -0.405 e. The molecule has 1 aliphatic rings. The number of benzene rings is 2. The summed E-state index contributed by atoms with van der Waals surface area (Å²) in [6, 6.07) is 16.8. The van der Waals surface area contributed by atoms with Gasteiger partial charge in [0, 0.05) is 28.7 Å². The lowest BCUT2D eigenvalue weighted by Gasteiger charge is -2.71. The number of anilines is 3. The standard InChI is InChI=1S/C23H14B8N6O2/c24-20(25)22(28,29)39-23(30,31)21(26,27)37(20)16-7-5-15(6-8-16)35-19-34-11-9-17(36-19)13-1-3-14(4-2-13)18(38)33-12-10-32/h1-9,11H,12H2,(H,33,38)(H,34,35,36). The maximum Gasteiger partial charge on any atom is 0.252 e. The summed E-state index contributed by atoms with van der Waals surface area (Å²) in [7, 11) is 48.6. The van der Waals surface area contributed by atoms with Crippen molar-refractivity contribution in [1.82, 2.24) is 15.3 Å². The fourth-order valence-electron chi connectivity index (χ4n) is 3.94. The van der Waals surface area contributed by atoms with Crippen molar-refractivity contribution in [2.24, 2.45) is 0 Å². The second kappa shape index (κ2) is 10.3. The molecular formula is C23H14B8N6O2. The number of carbonyl (C=O) groups is 1. The van der Waals surface area contributed by atoms with Crippen LogP contribution in [0.3, 0.4) is 0 Å². The Kier molecular flexibility index (Phi) is 7.52. The minimum atomic E-state index is -2.22. The van der Waals surface area contributed by atoms with Crippen molar-refractivity contribution < 1.29 is 9.53 Å². The molecule has 0 unspecified atom stereocenters. The van der Waals surface area contributed by atoms with E-state index >= 15 is 0 Å². The number of aromatic nitrogens is 2. The van der Waals surface area contributed by atoms with Crippen LogP contribution in [0.25, 0.3) is 11.3 Å². The van der Waals surface area contributed by atoms with Gasteiger partial charge in [-0.05, 0) is 63.9 Å². The lowest BCUT2D eigenvalue weighted by molar-refractivity contribution is -0.0253. The number of morpholine rings is 1. The average Bonchev–Trinajstić information content (AvgIpc) is 2.87. The minimum absolute atomic E-state index is 0.0742. The quantitative estimate of drug-likeness (QED) is 0.334. The van der Waals surface area contributed by atoms with Gasteiger partial charge in [0.1, 0.15) is 37.9 Å². The molecule has 16 heteroatoms. The third-order valence-corrected chi connectivity index (χ3v) is 6.14. The molecule has 4 rings (SSSR count). The third kappa shape index (κ3) is 5.38. The number of nitrogens with one attached hydrogen (secondary N) is 2. The molecule has 1 saturated heterocycles. The van der Waals surface area contributed by atoms with Crippen LogP contribution in [0, 0.1) is 11.3 Å². The van der Waals surface area contributed by atoms with E-state index in [4.69, 9.17) is 72.8 Å². The van der Waals surface area contributed by atoms with E-state index in [0.717, 1.165) is 10.5 Å². The van der Waals surface area contributed by atoms with Crippen LogP contribution < -0.4 is 15.5 Å². The zero-order chi connectivity index (χ0) is 28.6. The van der Waals surface area contributed by atoms with Gasteiger partial charge in [0.25, 0.3) is 5.91 Å². The monoisotopic (exact) mass is 494 g/mol. The highest BCUT2D eigenvalue weighted by Crippen LogP contribution is 2.43. The van der Waals surface area contributed by atoms with Crippen LogP contribution in [0.5, 0.6) is 0 Å². The molecule has 1 aliphatic heterocycles. The molecule has 1 amide bonds. The fraction of sp³-hybridized carbons (Fsp3) is 0.217. The van der Waals surface area contributed by atoms with Gasteiger partial charge in [0.05, 0.1) is 43.1 Å². The van der Waals surface area contributed by atoms with Crippen molar-refractivity contribution in [1.29, 1.82) is 5.26 Å². The molecule has 8 nitrogen and oxygen atoms in total. The van der Waals surface area contributed by atoms with E-state index in [1.807, 2.05) is 6.07 Å². The zero-order valence-corrected chi connectivity index (χ0v) is 20.7. The Labute approximate surface area is 237 Å². The van der Waals surface area contributed by atoms with Crippen molar-refractivity contribution in [2.45, 2.75) is 21.5 Å². The first kappa shape index (κ1) is 28.6. The summed E-state index contributed by atoms with van der Waals surface area (Å²) in [5, 5.41) is 5.52. The van der Waals surface area contributed by atoms with Crippen LogP contribution in [0.4, 0.5) is 17.3 Å². The lowest BCUT2D eigenvalue weighted by atomic mass is 9.30. The van der Waals surface area contributed by atoms with Crippen molar-refractivity contribution >= 4 is 86.0 Å². The number of carbonyl (C=O) groups excluding carboxylic acids is 1. The summed E-state index contributed by atoms with van der Waals surface area (Å²) in [6.45, 7) is -0.0742. The van der Waals surface area contributed by atoms with Gasteiger partial charge in [-0.15, -0.1) is 0 Å². The Morgan fingerprint density at radius 2 is 1.49 bits per heavy atom. The second-order valence-electron chi connectivity index (χ2n) is 9.03. The normalized spacial score (nSPS) is 18.4. The SMILES string of the molecule is [B]C1([B])OC([B])([B])C([B])([B])N(c2ccc(Nc3nccc(-c4ccc(C(=O)NCC#N)cc4)n3)cc2)C1([B])[B]. The van der Waals surface area contributed by atoms with Gasteiger partial charge < -0.3 is 20.3 Å². The molecule has 16 radical (unpaired) electrons. The highest BCUT2D eigenvalue weighted by atomic mass is 16.5. The molecule has 0 saturated carbocycles. The van der Waals surface area contributed by atoms with E-state index in [0.29, 0.717) is 28.6 Å². The predicted octanol–water partition coefficient (Wildman–Crippen LogP) is -1.06. The smallest absolute Gasteiger partial charge is 0.252 e. The van der Waals surface area contributed by atoms with Crippen LogP contribution in [0.15, 0.2) is 60.8 Å². The first-order valence-electron chi connectivity index (χ1n) is 11.5. The summed E-state index contributed by atoms with van der Waals surface area (Å²) in [4.78, 5) is 21.9. The third-order valence-electron chi connectivity index (χ3n) is 6.14. The number of rotatable bonds is 6. The van der Waals surface area contributed by atoms with E-state index in [1.165, 1.54) is 0 Å². The fourth-order valence-corrected chi connectivity index (χ4v) is 3.94. The van der Waals surface area contributed by atoms with Gasteiger partial charge in [0.15, 0.2) is 0 Å². The largest absolute Gasteiger partial charge is 0.405 e. The van der Waals surface area contributed by atoms with Gasteiger partial charge in [-0.3, -0.25) is 4.79 Å². The molecule has 1 aromatic heterocycles. The van der Waals surface area contributed by atoms with Crippen LogP contribution in [0.2, 0.25) is 0 Å². The summed E-state index contributed by atoms with van der Waals surface area (Å²) in [5.41, 5.74) is 2.67. The molecule has 2 N–H and O–H groups in total. The molecule has 39 heavy (non-hydrogen) atoms. The van der Waals surface area contributed by atoms with Gasteiger partial charge in [0.2, 0.25) is 5.95 Å². The number of nitriles is 1. The molecule has 0 spiro atoms. The molecule has 2 heterocycles. The number of hydrogen-bond donors (Lipinski definition) is 2. The first-order valence-corrected chi connectivity index (χ1v) is 11.5. The Morgan fingerprint density at radius 3 is 2.05 bits per heavy atom. The van der Waals surface area contributed by atoms with Gasteiger partial charge in [-0.25, -0.2) is 9.97 Å². The van der Waals surface area contributed by atoms with Crippen molar-refractivity contribution in [3.8, 4) is 17.3 Å². The van der Waals surface area contributed by atoms with Crippen LogP contribution in [0.1, 0.15) is 10.4 Å². The molecule has 1 fully saturated rings. The predicted molar refractivity (Wildman–Crippen MR) is 156 cm³/mol. The van der Waals surface area contributed by atoms with Crippen LogP contribution in [-0.2, 0) is 4.74 Å². The Morgan fingerprint density at radius 1 is 0.897 bits per heavy atom.